The number of imide groups is 1. The zero-order valence-electron chi connectivity index (χ0n) is 10.9. The topological polar surface area (TPSA) is 61.9 Å². The number of carbonyl (C=O) groups is 2. The van der Waals surface area contributed by atoms with E-state index in [1.807, 2.05) is 11.9 Å². The highest BCUT2D eigenvalue weighted by Gasteiger charge is 2.27. The zero-order valence-corrected chi connectivity index (χ0v) is 10.9. The molecule has 0 aromatic carbocycles. The quantitative estimate of drug-likeness (QED) is 0.702. The molecule has 0 bridgehead atoms. The van der Waals surface area contributed by atoms with Crippen LogP contribution < -0.4 is 5.32 Å². The smallest absolute Gasteiger partial charge is 0.243 e. The lowest BCUT2D eigenvalue weighted by Crippen LogP contribution is -2.47. The second-order valence-electron chi connectivity index (χ2n) is 4.94. The maximum atomic E-state index is 11.9. The van der Waals surface area contributed by atoms with Crippen molar-refractivity contribution in [2.45, 2.75) is 18.9 Å². The Labute approximate surface area is 107 Å². The highest BCUT2D eigenvalue weighted by molar-refractivity contribution is 5.97. The fourth-order valence-corrected chi connectivity index (χ4v) is 2.38. The molecule has 0 saturated carbocycles. The van der Waals surface area contributed by atoms with Gasteiger partial charge in [0.05, 0.1) is 19.3 Å². The molecule has 0 aromatic rings. The molecule has 6 heteroatoms. The summed E-state index contributed by atoms with van der Waals surface area (Å²) in [5.41, 5.74) is 0. The molecule has 2 amide bonds. The second kappa shape index (κ2) is 6.26. The van der Waals surface area contributed by atoms with Crippen LogP contribution >= 0.6 is 0 Å². The van der Waals surface area contributed by atoms with Gasteiger partial charge in [0.25, 0.3) is 0 Å². The van der Waals surface area contributed by atoms with E-state index < -0.39 is 0 Å². The van der Waals surface area contributed by atoms with Gasteiger partial charge in [0.1, 0.15) is 0 Å². The fourth-order valence-electron chi connectivity index (χ4n) is 2.38. The summed E-state index contributed by atoms with van der Waals surface area (Å²) in [7, 11) is 1.89. The van der Waals surface area contributed by atoms with Gasteiger partial charge in [-0.05, 0) is 13.5 Å². The van der Waals surface area contributed by atoms with E-state index in [4.69, 9.17) is 4.74 Å². The summed E-state index contributed by atoms with van der Waals surface area (Å²) < 4.78 is 5.58. The van der Waals surface area contributed by atoms with Crippen LogP contribution in [0.5, 0.6) is 0 Å². The van der Waals surface area contributed by atoms with E-state index in [1.165, 1.54) is 4.90 Å². The molecule has 2 rings (SSSR count). The number of nitrogens with one attached hydrogen (secondary N) is 1. The van der Waals surface area contributed by atoms with Crippen molar-refractivity contribution in [3.05, 3.63) is 0 Å². The van der Waals surface area contributed by atoms with Gasteiger partial charge in [0.15, 0.2) is 0 Å². The summed E-state index contributed by atoms with van der Waals surface area (Å²) in [6.45, 7) is 4.00. The number of hydrogen-bond donors (Lipinski definition) is 1. The van der Waals surface area contributed by atoms with Crippen LogP contribution in [0, 0.1) is 0 Å². The Hall–Kier alpha value is -0.980. The van der Waals surface area contributed by atoms with Gasteiger partial charge in [0.2, 0.25) is 11.8 Å². The van der Waals surface area contributed by atoms with Gasteiger partial charge in [-0.15, -0.1) is 0 Å². The molecule has 102 valence electrons. The predicted octanol–water partition coefficient (Wildman–Crippen LogP) is -0.944. The first-order chi connectivity index (χ1) is 8.66. The van der Waals surface area contributed by atoms with Crippen molar-refractivity contribution >= 4 is 11.8 Å². The third kappa shape index (κ3) is 3.51. The Morgan fingerprint density at radius 2 is 2.44 bits per heavy atom. The molecule has 0 spiro atoms. The largest absolute Gasteiger partial charge is 0.374 e. The number of carbonyl (C=O) groups excluding carboxylic acids is 2. The number of likely N-dealkylation sites (N-methyl/N-ethyl adjacent to an activating group) is 1. The van der Waals surface area contributed by atoms with Crippen molar-refractivity contribution in [3.63, 3.8) is 0 Å². The number of hydrogen-bond acceptors (Lipinski definition) is 5. The van der Waals surface area contributed by atoms with Gasteiger partial charge in [-0.3, -0.25) is 19.4 Å². The molecule has 0 radical (unpaired) electrons. The van der Waals surface area contributed by atoms with Crippen LogP contribution in [0.4, 0.5) is 0 Å². The number of nitrogens with zero attached hydrogens (tertiary/aromatic N) is 2. The van der Waals surface area contributed by atoms with Gasteiger partial charge in [-0.2, -0.15) is 0 Å². The highest BCUT2D eigenvalue weighted by atomic mass is 16.5. The average molecular weight is 255 g/mol. The van der Waals surface area contributed by atoms with E-state index in [1.54, 1.807) is 0 Å². The first-order valence-electron chi connectivity index (χ1n) is 6.51. The summed E-state index contributed by atoms with van der Waals surface area (Å²) >= 11 is 0. The van der Waals surface area contributed by atoms with Crippen LogP contribution in [-0.2, 0) is 14.3 Å². The summed E-state index contributed by atoms with van der Waals surface area (Å²) in [5, 5.41) is 3.25. The Morgan fingerprint density at radius 3 is 3.06 bits per heavy atom. The average Bonchev–Trinajstić information content (AvgIpc) is 2.76. The van der Waals surface area contributed by atoms with Crippen LogP contribution in [0.1, 0.15) is 12.8 Å². The van der Waals surface area contributed by atoms with Crippen molar-refractivity contribution in [3.8, 4) is 0 Å². The van der Waals surface area contributed by atoms with Crippen LogP contribution in [0.15, 0.2) is 0 Å². The maximum absolute atomic E-state index is 11.9. The molecule has 2 saturated heterocycles. The molecule has 1 unspecified atom stereocenters. The third-order valence-electron chi connectivity index (χ3n) is 3.30. The van der Waals surface area contributed by atoms with E-state index in [0.29, 0.717) is 19.5 Å². The Morgan fingerprint density at radius 1 is 1.61 bits per heavy atom. The van der Waals surface area contributed by atoms with Crippen LogP contribution in [0.3, 0.4) is 0 Å². The Bertz CT molecular complexity index is 316. The number of amides is 2. The third-order valence-corrected chi connectivity index (χ3v) is 3.30. The normalized spacial score (nSPS) is 24.9. The van der Waals surface area contributed by atoms with Gasteiger partial charge >= 0.3 is 0 Å². The molecule has 0 aliphatic carbocycles. The van der Waals surface area contributed by atoms with Crippen LogP contribution in [-0.4, -0.2) is 74.1 Å². The molecule has 6 nitrogen and oxygen atoms in total. The van der Waals surface area contributed by atoms with E-state index in [2.05, 4.69) is 5.32 Å². The minimum Gasteiger partial charge on any atom is -0.374 e. The molecule has 2 fully saturated rings. The lowest BCUT2D eigenvalue weighted by Gasteiger charge is -2.28. The SMILES string of the molecule is CN(CC(=O)N1CCCC1=O)CC1CNCCO1. The molecule has 2 aliphatic rings. The van der Waals surface area contributed by atoms with E-state index >= 15 is 0 Å². The summed E-state index contributed by atoms with van der Waals surface area (Å²) in [4.78, 5) is 26.6. The van der Waals surface area contributed by atoms with Gasteiger partial charge in [-0.25, -0.2) is 0 Å². The fraction of sp³-hybridized carbons (Fsp3) is 0.833. The molecule has 2 aliphatic heterocycles. The minimum absolute atomic E-state index is 0.0380. The first kappa shape index (κ1) is 13.5. The molecule has 1 N–H and O–H groups in total. The lowest BCUT2D eigenvalue weighted by atomic mass is 10.3. The van der Waals surface area contributed by atoms with Crippen LogP contribution in [0.2, 0.25) is 0 Å². The zero-order chi connectivity index (χ0) is 13.0. The molecule has 1 atom stereocenters. The molecule has 0 aromatic heterocycles. The van der Waals surface area contributed by atoms with Crippen molar-refractivity contribution in [1.82, 2.24) is 15.1 Å². The standard InChI is InChI=1S/C12H21N3O3/c1-14(8-10-7-13-4-6-18-10)9-12(17)15-5-2-3-11(15)16/h10,13H,2-9H2,1H3. The Balaban J connectivity index is 1.74. The molecular formula is C12H21N3O3. The Kier molecular flexibility index (Phi) is 4.68. The monoisotopic (exact) mass is 255 g/mol. The number of ether oxygens (including phenoxy) is 1. The minimum atomic E-state index is -0.0937. The maximum Gasteiger partial charge on any atom is 0.243 e. The van der Waals surface area contributed by atoms with Crippen molar-refractivity contribution < 1.29 is 14.3 Å². The predicted molar refractivity (Wildman–Crippen MR) is 66.1 cm³/mol. The number of rotatable bonds is 4. The van der Waals surface area contributed by atoms with Crippen LogP contribution in [0.25, 0.3) is 0 Å². The van der Waals surface area contributed by atoms with E-state index in [-0.39, 0.29) is 24.5 Å². The first-order valence-corrected chi connectivity index (χ1v) is 6.51. The second-order valence-corrected chi connectivity index (χ2v) is 4.94. The number of likely N-dealkylation sites (tertiary alicyclic amines) is 1. The van der Waals surface area contributed by atoms with Crippen molar-refractivity contribution in [2.75, 3.05) is 46.4 Å². The van der Waals surface area contributed by atoms with E-state index in [0.717, 1.165) is 26.1 Å². The number of morpholine rings is 1. The van der Waals surface area contributed by atoms with Crippen molar-refractivity contribution in [2.24, 2.45) is 0 Å². The molecule has 18 heavy (non-hydrogen) atoms. The lowest BCUT2D eigenvalue weighted by molar-refractivity contribution is -0.142. The van der Waals surface area contributed by atoms with Gasteiger partial charge in [-0.1, -0.05) is 0 Å². The molecule has 2 heterocycles. The van der Waals surface area contributed by atoms with E-state index in [9.17, 15) is 9.59 Å². The van der Waals surface area contributed by atoms with Gasteiger partial charge in [0, 0.05) is 32.6 Å². The van der Waals surface area contributed by atoms with Crippen molar-refractivity contribution in [1.29, 1.82) is 0 Å². The summed E-state index contributed by atoms with van der Waals surface area (Å²) in [6.07, 6.45) is 1.43. The summed E-state index contributed by atoms with van der Waals surface area (Å²) in [5.74, 6) is -0.132. The van der Waals surface area contributed by atoms with Gasteiger partial charge < -0.3 is 10.1 Å². The highest BCUT2D eigenvalue weighted by Crippen LogP contribution is 2.10. The molecular weight excluding hydrogens is 234 g/mol. The summed E-state index contributed by atoms with van der Waals surface area (Å²) in [6, 6.07) is 0.